The molecule has 3 rings (SSSR count). The second kappa shape index (κ2) is 7.31. The molecule has 2 atom stereocenters. The Morgan fingerprint density at radius 3 is 2.43 bits per heavy atom. The SMILES string of the molecule is COc1ccc(COC2=CC(O)N[C@H]2Cc2ccccc2)cc1. The highest BCUT2D eigenvalue weighted by Crippen LogP contribution is 2.20. The Kier molecular flexibility index (Phi) is 4.95. The van der Waals surface area contributed by atoms with E-state index in [1.54, 1.807) is 13.2 Å². The van der Waals surface area contributed by atoms with E-state index < -0.39 is 6.23 Å². The van der Waals surface area contributed by atoms with Crippen LogP contribution in [0.5, 0.6) is 5.75 Å². The van der Waals surface area contributed by atoms with Crippen molar-refractivity contribution >= 4 is 0 Å². The van der Waals surface area contributed by atoms with Crippen LogP contribution in [0.2, 0.25) is 0 Å². The van der Waals surface area contributed by atoms with E-state index in [0.29, 0.717) is 6.61 Å². The molecular formula is C19H21NO3. The summed E-state index contributed by atoms with van der Waals surface area (Å²) in [7, 11) is 1.65. The summed E-state index contributed by atoms with van der Waals surface area (Å²) in [5, 5.41) is 13.0. The van der Waals surface area contributed by atoms with E-state index in [4.69, 9.17) is 9.47 Å². The summed E-state index contributed by atoms with van der Waals surface area (Å²) in [6.07, 6.45) is 1.86. The molecule has 0 aliphatic carbocycles. The standard InChI is InChI=1S/C19H21NO3/c1-22-16-9-7-15(8-10-16)13-23-18-12-19(21)20-17(18)11-14-5-3-2-4-6-14/h2-10,12,17,19-21H,11,13H2,1H3/t17-,19?/m0/s1. The van der Waals surface area contributed by atoms with Gasteiger partial charge in [-0.2, -0.15) is 0 Å². The minimum Gasteiger partial charge on any atom is -0.497 e. The van der Waals surface area contributed by atoms with E-state index in [1.165, 1.54) is 5.56 Å². The monoisotopic (exact) mass is 311 g/mol. The minimum absolute atomic E-state index is 0.00866. The molecule has 0 saturated carbocycles. The topological polar surface area (TPSA) is 50.7 Å². The molecular weight excluding hydrogens is 290 g/mol. The highest BCUT2D eigenvalue weighted by Gasteiger charge is 2.25. The zero-order chi connectivity index (χ0) is 16.1. The zero-order valence-corrected chi connectivity index (χ0v) is 13.1. The molecule has 2 aromatic carbocycles. The fraction of sp³-hybridized carbons (Fsp3) is 0.263. The van der Waals surface area contributed by atoms with Crippen LogP contribution < -0.4 is 10.1 Å². The first-order chi connectivity index (χ1) is 11.2. The van der Waals surface area contributed by atoms with Crippen molar-refractivity contribution in [1.82, 2.24) is 5.32 Å². The third-order valence-electron chi connectivity index (χ3n) is 3.88. The molecule has 0 radical (unpaired) electrons. The first-order valence-corrected chi connectivity index (χ1v) is 7.70. The summed E-state index contributed by atoms with van der Waals surface area (Å²) in [4.78, 5) is 0. The van der Waals surface area contributed by atoms with Crippen LogP contribution in [0, 0.1) is 0 Å². The van der Waals surface area contributed by atoms with Crippen molar-refractivity contribution in [3.05, 3.63) is 77.6 Å². The largest absolute Gasteiger partial charge is 0.497 e. The molecule has 4 heteroatoms. The number of methoxy groups -OCH3 is 1. The molecule has 23 heavy (non-hydrogen) atoms. The average molecular weight is 311 g/mol. The quantitative estimate of drug-likeness (QED) is 0.861. The number of benzene rings is 2. The van der Waals surface area contributed by atoms with Crippen LogP contribution in [0.1, 0.15) is 11.1 Å². The smallest absolute Gasteiger partial charge is 0.128 e. The number of aliphatic hydroxyl groups excluding tert-OH is 1. The Morgan fingerprint density at radius 2 is 1.74 bits per heavy atom. The molecule has 4 nitrogen and oxygen atoms in total. The molecule has 0 bridgehead atoms. The normalized spacial score (nSPS) is 20.2. The van der Waals surface area contributed by atoms with E-state index in [2.05, 4.69) is 17.4 Å². The third-order valence-corrected chi connectivity index (χ3v) is 3.88. The lowest BCUT2D eigenvalue weighted by Gasteiger charge is -2.17. The molecule has 1 heterocycles. The van der Waals surface area contributed by atoms with Crippen molar-refractivity contribution in [2.45, 2.75) is 25.3 Å². The third kappa shape index (κ3) is 4.12. The highest BCUT2D eigenvalue weighted by atomic mass is 16.5. The van der Waals surface area contributed by atoms with Crippen molar-refractivity contribution in [3.63, 3.8) is 0 Å². The van der Waals surface area contributed by atoms with Crippen LogP contribution in [0.15, 0.2) is 66.4 Å². The zero-order valence-electron chi connectivity index (χ0n) is 13.1. The molecule has 0 aromatic heterocycles. The van der Waals surface area contributed by atoms with Crippen LogP contribution >= 0.6 is 0 Å². The fourth-order valence-corrected chi connectivity index (χ4v) is 2.65. The molecule has 1 aliphatic heterocycles. The number of rotatable bonds is 6. The lowest BCUT2D eigenvalue weighted by Crippen LogP contribution is -2.33. The lowest BCUT2D eigenvalue weighted by molar-refractivity contribution is 0.167. The van der Waals surface area contributed by atoms with Gasteiger partial charge in [0, 0.05) is 0 Å². The molecule has 0 spiro atoms. The fourth-order valence-electron chi connectivity index (χ4n) is 2.65. The molecule has 0 amide bonds. The van der Waals surface area contributed by atoms with Crippen LogP contribution in [0.25, 0.3) is 0 Å². The molecule has 1 unspecified atom stereocenters. The van der Waals surface area contributed by atoms with Gasteiger partial charge in [-0.3, -0.25) is 5.32 Å². The maximum atomic E-state index is 9.83. The van der Waals surface area contributed by atoms with Gasteiger partial charge in [0.1, 0.15) is 24.3 Å². The van der Waals surface area contributed by atoms with E-state index in [9.17, 15) is 5.11 Å². The lowest BCUT2D eigenvalue weighted by atomic mass is 10.1. The maximum Gasteiger partial charge on any atom is 0.128 e. The summed E-state index contributed by atoms with van der Waals surface area (Å²) in [5.74, 6) is 1.62. The van der Waals surface area contributed by atoms with E-state index in [0.717, 1.165) is 23.5 Å². The summed E-state index contributed by atoms with van der Waals surface area (Å²) < 4.78 is 11.1. The first kappa shape index (κ1) is 15.6. The van der Waals surface area contributed by atoms with E-state index in [1.807, 2.05) is 42.5 Å². The van der Waals surface area contributed by atoms with Gasteiger partial charge in [-0.25, -0.2) is 0 Å². The Labute approximate surface area is 136 Å². The number of hydrogen-bond donors (Lipinski definition) is 2. The second-order valence-electron chi connectivity index (χ2n) is 5.56. The summed E-state index contributed by atoms with van der Waals surface area (Å²) in [6.45, 7) is 0.468. The van der Waals surface area contributed by atoms with Gasteiger partial charge in [0.15, 0.2) is 0 Å². The predicted molar refractivity (Wildman–Crippen MR) is 88.9 cm³/mol. The van der Waals surface area contributed by atoms with Crippen LogP contribution in [-0.2, 0) is 17.8 Å². The van der Waals surface area contributed by atoms with Gasteiger partial charge in [0.2, 0.25) is 0 Å². The molecule has 0 saturated heterocycles. The van der Waals surface area contributed by atoms with Crippen LogP contribution in [0.3, 0.4) is 0 Å². The Hall–Kier alpha value is -2.30. The molecule has 1 aliphatic rings. The first-order valence-electron chi connectivity index (χ1n) is 7.70. The number of hydrogen-bond acceptors (Lipinski definition) is 4. The summed E-state index contributed by atoms with van der Waals surface area (Å²) in [6, 6.07) is 18.0. The number of aliphatic hydroxyl groups is 1. The van der Waals surface area contributed by atoms with Crippen molar-refractivity contribution in [3.8, 4) is 5.75 Å². The molecule has 0 fully saturated rings. The number of nitrogens with one attached hydrogen (secondary N) is 1. The van der Waals surface area contributed by atoms with E-state index >= 15 is 0 Å². The van der Waals surface area contributed by atoms with Gasteiger partial charge in [-0.15, -0.1) is 0 Å². The van der Waals surface area contributed by atoms with Crippen LogP contribution in [0.4, 0.5) is 0 Å². The van der Waals surface area contributed by atoms with Gasteiger partial charge in [0.25, 0.3) is 0 Å². The number of ether oxygens (including phenoxy) is 2. The second-order valence-corrected chi connectivity index (χ2v) is 5.56. The molecule has 2 N–H and O–H groups in total. The Bertz CT molecular complexity index is 652. The van der Waals surface area contributed by atoms with Crippen molar-refractivity contribution in [2.24, 2.45) is 0 Å². The average Bonchev–Trinajstić information content (AvgIpc) is 2.94. The summed E-state index contributed by atoms with van der Waals surface area (Å²) >= 11 is 0. The summed E-state index contributed by atoms with van der Waals surface area (Å²) in [5.41, 5.74) is 2.27. The van der Waals surface area contributed by atoms with Crippen LogP contribution in [-0.4, -0.2) is 24.5 Å². The maximum absolute atomic E-state index is 9.83. The van der Waals surface area contributed by atoms with Gasteiger partial charge in [-0.1, -0.05) is 42.5 Å². The minimum atomic E-state index is -0.658. The van der Waals surface area contributed by atoms with Gasteiger partial charge < -0.3 is 14.6 Å². The Morgan fingerprint density at radius 1 is 1.00 bits per heavy atom. The predicted octanol–water partition coefficient (Wildman–Crippen LogP) is 2.63. The van der Waals surface area contributed by atoms with Crippen molar-refractivity contribution in [2.75, 3.05) is 7.11 Å². The van der Waals surface area contributed by atoms with E-state index in [-0.39, 0.29) is 6.04 Å². The molecule has 120 valence electrons. The van der Waals surface area contributed by atoms with Gasteiger partial charge in [0.05, 0.1) is 13.2 Å². The highest BCUT2D eigenvalue weighted by molar-refractivity contribution is 5.27. The molecule has 2 aromatic rings. The van der Waals surface area contributed by atoms with Gasteiger partial charge in [-0.05, 0) is 35.8 Å². The Balaban J connectivity index is 1.61. The van der Waals surface area contributed by atoms with Crippen molar-refractivity contribution in [1.29, 1.82) is 0 Å². The van der Waals surface area contributed by atoms with Gasteiger partial charge >= 0.3 is 0 Å². The van der Waals surface area contributed by atoms with Crippen molar-refractivity contribution < 1.29 is 14.6 Å².